The largest absolute Gasteiger partial charge is 0.329 e. The molecule has 0 spiro atoms. The second-order valence-corrected chi connectivity index (χ2v) is 6.29. The lowest BCUT2D eigenvalue weighted by Gasteiger charge is -2.21. The highest BCUT2D eigenvalue weighted by Gasteiger charge is 2.14. The first kappa shape index (κ1) is 17.7. The number of benzene rings is 2. The Kier molecular flexibility index (Phi) is 5.74. The molecule has 0 unspecified atom stereocenters. The third-order valence-electron chi connectivity index (χ3n) is 3.74. The van der Waals surface area contributed by atoms with E-state index in [0.717, 1.165) is 27.9 Å². The van der Waals surface area contributed by atoms with Crippen molar-refractivity contribution in [3.8, 4) is 0 Å². The molecule has 0 aliphatic heterocycles. The minimum atomic E-state index is -0.192. The van der Waals surface area contributed by atoms with Crippen LogP contribution in [0.4, 0.5) is 5.69 Å². The van der Waals surface area contributed by atoms with Gasteiger partial charge >= 0.3 is 0 Å². The first-order valence-corrected chi connectivity index (χ1v) is 8.02. The summed E-state index contributed by atoms with van der Waals surface area (Å²) in [5.41, 5.74) is 5.10. The standard InChI is InChI=1S/C20H24N2O2/c1-14-6-5-7-18(9-14)12-22(17(4)23)13-20(24)21-19-10-15(2)8-16(3)11-19/h5-11H,12-13H2,1-4H3,(H,21,24). The fourth-order valence-electron chi connectivity index (χ4n) is 2.73. The van der Waals surface area contributed by atoms with E-state index in [4.69, 9.17) is 0 Å². The Morgan fingerprint density at radius 2 is 1.62 bits per heavy atom. The van der Waals surface area contributed by atoms with Crippen LogP contribution in [0.25, 0.3) is 0 Å². The molecule has 0 aliphatic carbocycles. The minimum absolute atomic E-state index is 0.0380. The van der Waals surface area contributed by atoms with Crippen LogP contribution in [0.15, 0.2) is 42.5 Å². The van der Waals surface area contributed by atoms with E-state index in [1.165, 1.54) is 6.92 Å². The van der Waals surface area contributed by atoms with Gasteiger partial charge in [0.05, 0.1) is 0 Å². The van der Waals surface area contributed by atoms with Crippen LogP contribution in [0.3, 0.4) is 0 Å². The monoisotopic (exact) mass is 324 g/mol. The van der Waals surface area contributed by atoms with Gasteiger partial charge in [-0.15, -0.1) is 0 Å². The molecule has 126 valence electrons. The van der Waals surface area contributed by atoms with Gasteiger partial charge in [0, 0.05) is 19.2 Å². The maximum atomic E-state index is 12.3. The van der Waals surface area contributed by atoms with Crippen molar-refractivity contribution in [2.45, 2.75) is 34.2 Å². The summed E-state index contributed by atoms with van der Waals surface area (Å²) in [6, 6.07) is 13.8. The Hall–Kier alpha value is -2.62. The van der Waals surface area contributed by atoms with Gasteiger partial charge in [-0.25, -0.2) is 0 Å². The second-order valence-electron chi connectivity index (χ2n) is 6.29. The van der Waals surface area contributed by atoms with Gasteiger partial charge in [-0.2, -0.15) is 0 Å². The van der Waals surface area contributed by atoms with Gasteiger partial charge in [0.25, 0.3) is 0 Å². The first-order chi connectivity index (χ1) is 11.3. The Morgan fingerprint density at radius 3 is 2.21 bits per heavy atom. The van der Waals surface area contributed by atoms with Gasteiger partial charge in [0.1, 0.15) is 6.54 Å². The number of rotatable bonds is 5. The number of carbonyl (C=O) groups excluding carboxylic acids is 2. The summed E-state index contributed by atoms with van der Waals surface area (Å²) >= 11 is 0. The van der Waals surface area contributed by atoms with E-state index in [2.05, 4.69) is 11.4 Å². The lowest BCUT2D eigenvalue weighted by Crippen LogP contribution is -2.36. The molecule has 2 amide bonds. The maximum Gasteiger partial charge on any atom is 0.244 e. The van der Waals surface area contributed by atoms with Crippen LogP contribution in [0.2, 0.25) is 0 Å². The summed E-state index contributed by atoms with van der Waals surface area (Å²) in [5, 5.41) is 2.87. The van der Waals surface area contributed by atoms with Crippen molar-refractivity contribution in [3.05, 3.63) is 64.7 Å². The normalized spacial score (nSPS) is 10.3. The second kappa shape index (κ2) is 7.77. The number of anilines is 1. The molecule has 2 rings (SSSR count). The fourth-order valence-corrected chi connectivity index (χ4v) is 2.73. The molecular weight excluding hydrogens is 300 g/mol. The van der Waals surface area contributed by atoms with E-state index < -0.39 is 0 Å². The summed E-state index contributed by atoms with van der Waals surface area (Å²) in [7, 11) is 0. The highest BCUT2D eigenvalue weighted by atomic mass is 16.2. The van der Waals surface area contributed by atoms with Crippen molar-refractivity contribution in [2.24, 2.45) is 0 Å². The molecule has 0 saturated heterocycles. The number of carbonyl (C=O) groups is 2. The van der Waals surface area contributed by atoms with Crippen LogP contribution in [0, 0.1) is 20.8 Å². The number of aryl methyl sites for hydroxylation is 3. The Bertz CT molecular complexity index is 733. The Balaban J connectivity index is 2.04. The molecule has 0 heterocycles. The molecule has 1 N–H and O–H groups in total. The molecule has 4 heteroatoms. The quantitative estimate of drug-likeness (QED) is 0.913. The van der Waals surface area contributed by atoms with E-state index >= 15 is 0 Å². The zero-order valence-corrected chi connectivity index (χ0v) is 14.7. The first-order valence-electron chi connectivity index (χ1n) is 8.02. The highest BCUT2D eigenvalue weighted by molar-refractivity contribution is 5.94. The van der Waals surface area contributed by atoms with Crippen molar-refractivity contribution in [1.29, 1.82) is 0 Å². The van der Waals surface area contributed by atoms with Gasteiger partial charge in [-0.3, -0.25) is 9.59 Å². The van der Waals surface area contributed by atoms with Crippen LogP contribution in [0.1, 0.15) is 29.2 Å². The average Bonchev–Trinajstić information content (AvgIpc) is 2.45. The molecule has 0 radical (unpaired) electrons. The molecule has 0 aromatic heterocycles. The van der Waals surface area contributed by atoms with E-state index in [1.54, 1.807) is 4.90 Å². The van der Waals surface area contributed by atoms with Gasteiger partial charge < -0.3 is 10.2 Å². The van der Waals surface area contributed by atoms with Crippen molar-refractivity contribution >= 4 is 17.5 Å². The van der Waals surface area contributed by atoms with Crippen LogP contribution in [-0.2, 0) is 16.1 Å². The topological polar surface area (TPSA) is 49.4 Å². The van der Waals surface area contributed by atoms with Crippen molar-refractivity contribution in [3.63, 3.8) is 0 Å². The van der Waals surface area contributed by atoms with Crippen LogP contribution >= 0.6 is 0 Å². The van der Waals surface area contributed by atoms with E-state index in [-0.39, 0.29) is 18.4 Å². The van der Waals surface area contributed by atoms with Gasteiger partial charge in [-0.1, -0.05) is 35.9 Å². The van der Waals surface area contributed by atoms with E-state index in [1.807, 2.05) is 57.2 Å². The van der Waals surface area contributed by atoms with Crippen LogP contribution in [-0.4, -0.2) is 23.3 Å². The maximum absolute atomic E-state index is 12.3. The number of nitrogens with zero attached hydrogens (tertiary/aromatic N) is 1. The molecule has 2 aromatic rings. The molecule has 0 bridgehead atoms. The molecule has 4 nitrogen and oxygen atoms in total. The van der Waals surface area contributed by atoms with Crippen LogP contribution in [0.5, 0.6) is 0 Å². The van der Waals surface area contributed by atoms with E-state index in [9.17, 15) is 9.59 Å². The summed E-state index contributed by atoms with van der Waals surface area (Å²) in [4.78, 5) is 25.7. The molecule has 0 saturated carbocycles. The fraction of sp³-hybridized carbons (Fsp3) is 0.300. The number of hydrogen-bond acceptors (Lipinski definition) is 2. The molecule has 2 aromatic carbocycles. The Labute approximate surface area is 143 Å². The summed E-state index contributed by atoms with van der Waals surface area (Å²) in [5.74, 6) is -0.310. The summed E-state index contributed by atoms with van der Waals surface area (Å²) < 4.78 is 0. The zero-order valence-electron chi connectivity index (χ0n) is 14.7. The molecule has 0 aliphatic rings. The number of nitrogens with one attached hydrogen (secondary N) is 1. The minimum Gasteiger partial charge on any atom is -0.329 e. The Morgan fingerprint density at radius 1 is 0.958 bits per heavy atom. The molecular formula is C20H24N2O2. The van der Waals surface area contributed by atoms with Crippen LogP contribution < -0.4 is 5.32 Å². The lowest BCUT2D eigenvalue weighted by molar-refractivity contribution is -0.133. The number of hydrogen-bond donors (Lipinski definition) is 1. The highest BCUT2D eigenvalue weighted by Crippen LogP contribution is 2.14. The zero-order chi connectivity index (χ0) is 17.7. The smallest absolute Gasteiger partial charge is 0.244 e. The van der Waals surface area contributed by atoms with Gasteiger partial charge in [0.2, 0.25) is 11.8 Å². The third-order valence-corrected chi connectivity index (χ3v) is 3.74. The summed E-state index contributed by atoms with van der Waals surface area (Å²) in [6.45, 7) is 7.94. The van der Waals surface area contributed by atoms with Gasteiger partial charge in [-0.05, 0) is 49.6 Å². The molecule has 24 heavy (non-hydrogen) atoms. The summed E-state index contributed by atoms with van der Waals surface area (Å²) in [6.07, 6.45) is 0. The van der Waals surface area contributed by atoms with E-state index in [0.29, 0.717) is 6.54 Å². The molecule has 0 atom stereocenters. The SMILES string of the molecule is CC(=O)N(CC(=O)Nc1cc(C)cc(C)c1)Cc1cccc(C)c1. The van der Waals surface area contributed by atoms with Crippen molar-refractivity contribution in [2.75, 3.05) is 11.9 Å². The predicted molar refractivity (Wildman–Crippen MR) is 96.8 cm³/mol. The average molecular weight is 324 g/mol. The van der Waals surface area contributed by atoms with Crippen molar-refractivity contribution < 1.29 is 9.59 Å². The van der Waals surface area contributed by atoms with Crippen molar-refractivity contribution in [1.82, 2.24) is 4.90 Å². The van der Waals surface area contributed by atoms with Gasteiger partial charge in [0.15, 0.2) is 0 Å². The third kappa shape index (κ3) is 5.23. The number of amides is 2. The predicted octanol–water partition coefficient (Wildman–Crippen LogP) is 3.60. The molecule has 0 fully saturated rings. The lowest BCUT2D eigenvalue weighted by atomic mass is 10.1.